The Bertz CT molecular complexity index is 481. The monoisotopic (exact) mass is 279 g/mol. The number of carboxylic acid groups (broad SMARTS) is 1. The highest BCUT2D eigenvalue weighted by atomic mass is 16.5. The number of methoxy groups -OCH3 is 1. The van der Waals surface area contributed by atoms with Gasteiger partial charge >= 0.3 is 5.97 Å². The molecule has 1 aromatic rings. The molecule has 0 radical (unpaired) electrons. The Balaban J connectivity index is 2.14. The summed E-state index contributed by atoms with van der Waals surface area (Å²) in [5.74, 6) is 0.0270. The number of ether oxygens (including phenoxy) is 2. The van der Waals surface area contributed by atoms with Crippen LogP contribution in [0.1, 0.15) is 36.0 Å². The molecule has 1 aromatic carbocycles. The average Bonchev–Trinajstić information content (AvgIpc) is 2.94. The molecule has 1 aliphatic carbocycles. The van der Waals surface area contributed by atoms with Crippen LogP contribution in [0.5, 0.6) is 11.5 Å². The van der Waals surface area contributed by atoms with E-state index in [0.717, 1.165) is 12.8 Å². The van der Waals surface area contributed by atoms with E-state index in [1.165, 1.54) is 32.1 Å². The Morgan fingerprint density at radius 3 is 2.60 bits per heavy atom. The van der Waals surface area contributed by atoms with Crippen LogP contribution in [-0.2, 0) is 0 Å². The number of carboxylic acids is 1. The minimum absolute atomic E-state index is 0.0181. The molecule has 2 rings (SSSR count). The summed E-state index contributed by atoms with van der Waals surface area (Å²) >= 11 is 0. The molecule has 1 fully saturated rings. The molecule has 1 aliphatic rings. The second kappa shape index (κ2) is 6.13. The number of hydrogen-bond acceptors (Lipinski definition) is 4. The second-order valence-corrected chi connectivity index (χ2v) is 5.37. The van der Waals surface area contributed by atoms with Gasteiger partial charge in [-0.1, -0.05) is 12.8 Å². The van der Waals surface area contributed by atoms with Crippen molar-refractivity contribution in [2.75, 3.05) is 20.3 Å². The fourth-order valence-corrected chi connectivity index (χ4v) is 2.69. The third kappa shape index (κ3) is 3.04. The zero-order valence-electron chi connectivity index (χ0n) is 11.7. The van der Waals surface area contributed by atoms with Gasteiger partial charge in [-0.15, -0.1) is 0 Å². The summed E-state index contributed by atoms with van der Waals surface area (Å²) in [6, 6.07) is 4.62. The molecule has 0 unspecified atom stereocenters. The van der Waals surface area contributed by atoms with E-state index in [9.17, 15) is 4.79 Å². The van der Waals surface area contributed by atoms with Crippen LogP contribution in [0.2, 0.25) is 0 Å². The van der Waals surface area contributed by atoms with Crippen molar-refractivity contribution >= 4 is 5.97 Å². The molecule has 0 bridgehead atoms. The molecule has 110 valence electrons. The van der Waals surface area contributed by atoms with Gasteiger partial charge in [-0.05, 0) is 31.0 Å². The van der Waals surface area contributed by atoms with E-state index in [0.29, 0.717) is 24.7 Å². The maximum absolute atomic E-state index is 11.0. The lowest BCUT2D eigenvalue weighted by Crippen LogP contribution is -2.33. The van der Waals surface area contributed by atoms with Crippen molar-refractivity contribution in [1.29, 1.82) is 0 Å². The van der Waals surface area contributed by atoms with E-state index in [-0.39, 0.29) is 11.0 Å². The van der Waals surface area contributed by atoms with Crippen LogP contribution in [0, 0.1) is 5.41 Å². The molecule has 20 heavy (non-hydrogen) atoms. The molecule has 0 amide bonds. The maximum atomic E-state index is 11.0. The third-order valence-corrected chi connectivity index (χ3v) is 4.04. The van der Waals surface area contributed by atoms with Crippen molar-refractivity contribution in [3.63, 3.8) is 0 Å². The molecule has 0 saturated heterocycles. The van der Waals surface area contributed by atoms with Crippen LogP contribution in [-0.4, -0.2) is 31.3 Å². The Labute approximate surface area is 118 Å². The van der Waals surface area contributed by atoms with Crippen molar-refractivity contribution in [3.8, 4) is 11.5 Å². The first kappa shape index (κ1) is 14.7. The SMILES string of the molecule is COc1ccc(C(=O)O)cc1OCC1(CN)CCCC1. The van der Waals surface area contributed by atoms with Gasteiger partial charge in [0.1, 0.15) is 0 Å². The molecule has 0 heterocycles. The Hall–Kier alpha value is -1.75. The van der Waals surface area contributed by atoms with Crippen molar-refractivity contribution in [3.05, 3.63) is 23.8 Å². The lowest BCUT2D eigenvalue weighted by molar-refractivity contribution is 0.0696. The first-order valence-electron chi connectivity index (χ1n) is 6.84. The third-order valence-electron chi connectivity index (χ3n) is 4.04. The summed E-state index contributed by atoms with van der Waals surface area (Å²) < 4.78 is 11.0. The molecule has 0 aliphatic heterocycles. The average molecular weight is 279 g/mol. The fourth-order valence-electron chi connectivity index (χ4n) is 2.69. The summed E-state index contributed by atoms with van der Waals surface area (Å²) in [5, 5.41) is 9.03. The molecule has 0 spiro atoms. The van der Waals surface area contributed by atoms with E-state index in [2.05, 4.69) is 0 Å². The number of carbonyl (C=O) groups is 1. The standard InChI is InChI=1S/C15H21NO4/c1-19-12-5-4-11(14(17)18)8-13(12)20-10-15(9-16)6-2-3-7-15/h4-5,8H,2-3,6-7,9-10,16H2,1H3,(H,17,18). The van der Waals surface area contributed by atoms with E-state index in [1.807, 2.05) is 0 Å². The summed E-state index contributed by atoms with van der Waals surface area (Å²) in [7, 11) is 1.54. The molecule has 0 aromatic heterocycles. The number of rotatable bonds is 6. The van der Waals surface area contributed by atoms with Crippen LogP contribution in [0.15, 0.2) is 18.2 Å². The van der Waals surface area contributed by atoms with Crippen LogP contribution < -0.4 is 15.2 Å². The minimum Gasteiger partial charge on any atom is -0.493 e. The molecular formula is C15H21NO4. The van der Waals surface area contributed by atoms with Gasteiger partial charge in [0, 0.05) is 12.0 Å². The van der Waals surface area contributed by atoms with Crippen molar-refractivity contribution in [2.24, 2.45) is 11.1 Å². The summed E-state index contributed by atoms with van der Waals surface area (Å²) in [5.41, 5.74) is 6.08. The molecule has 1 saturated carbocycles. The Morgan fingerprint density at radius 1 is 1.35 bits per heavy atom. The van der Waals surface area contributed by atoms with Crippen molar-refractivity contribution in [2.45, 2.75) is 25.7 Å². The molecule has 5 nitrogen and oxygen atoms in total. The largest absolute Gasteiger partial charge is 0.493 e. The topological polar surface area (TPSA) is 81.8 Å². The Kier molecular flexibility index (Phi) is 4.49. The molecular weight excluding hydrogens is 258 g/mol. The summed E-state index contributed by atoms with van der Waals surface area (Å²) in [6.45, 7) is 1.09. The van der Waals surface area contributed by atoms with Gasteiger partial charge < -0.3 is 20.3 Å². The number of aromatic carboxylic acids is 1. The quantitative estimate of drug-likeness (QED) is 0.835. The minimum atomic E-state index is -0.980. The second-order valence-electron chi connectivity index (χ2n) is 5.37. The highest BCUT2D eigenvalue weighted by Gasteiger charge is 2.33. The first-order chi connectivity index (χ1) is 9.60. The van der Waals surface area contributed by atoms with Gasteiger partial charge in [-0.3, -0.25) is 0 Å². The lowest BCUT2D eigenvalue weighted by atomic mass is 9.87. The van der Waals surface area contributed by atoms with E-state index in [1.54, 1.807) is 6.07 Å². The first-order valence-corrected chi connectivity index (χ1v) is 6.84. The van der Waals surface area contributed by atoms with Gasteiger partial charge in [0.25, 0.3) is 0 Å². The van der Waals surface area contributed by atoms with Gasteiger partial charge in [-0.2, -0.15) is 0 Å². The number of hydrogen-bond donors (Lipinski definition) is 2. The molecule has 5 heteroatoms. The van der Waals surface area contributed by atoms with E-state index < -0.39 is 5.97 Å². The van der Waals surface area contributed by atoms with Crippen LogP contribution in [0.4, 0.5) is 0 Å². The van der Waals surface area contributed by atoms with Gasteiger partial charge in [0.2, 0.25) is 0 Å². The zero-order chi connectivity index (χ0) is 14.6. The predicted octanol–water partition coefficient (Wildman–Crippen LogP) is 2.29. The van der Waals surface area contributed by atoms with Crippen molar-refractivity contribution in [1.82, 2.24) is 0 Å². The Morgan fingerprint density at radius 2 is 2.05 bits per heavy atom. The smallest absolute Gasteiger partial charge is 0.335 e. The summed E-state index contributed by atoms with van der Waals surface area (Å²) in [4.78, 5) is 11.0. The van der Waals surface area contributed by atoms with E-state index in [4.69, 9.17) is 20.3 Å². The number of benzene rings is 1. The fraction of sp³-hybridized carbons (Fsp3) is 0.533. The molecule has 3 N–H and O–H groups in total. The summed E-state index contributed by atoms with van der Waals surface area (Å²) in [6.07, 6.45) is 4.47. The predicted molar refractivity (Wildman–Crippen MR) is 75.4 cm³/mol. The number of nitrogens with two attached hydrogens (primary N) is 1. The van der Waals surface area contributed by atoms with E-state index >= 15 is 0 Å². The highest BCUT2D eigenvalue weighted by Crippen LogP contribution is 2.38. The van der Waals surface area contributed by atoms with Crippen molar-refractivity contribution < 1.29 is 19.4 Å². The highest BCUT2D eigenvalue weighted by molar-refractivity contribution is 5.88. The zero-order valence-corrected chi connectivity index (χ0v) is 11.7. The van der Waals surface area contributed by atoms with Gasteiger partial charge in [0.15, 0.2) is 11.5 Å². The van der Waals surface area contributed by atoms with Crippen LogP contribution in [0.25, 0.3) is 0 Å². The van der Waals surface area contributed by atoms with Crippen LogP contribution >= 0.6 is 0 Å². The normalized spacial score (nSPS) is 16.9. The lowest BCUT2D eigenvalue weighted by Gasteiger charge is -2.27. The van der Waals surface area contributed by atoms with Gasteiger partial charge in [0.05, 0.1) is 19.3 Å². The van der Waals surface area contributed by atoms with Gasteiger partial charge in [-0.25, -0.2) is 4.79 Å². The maximum Gasteiger partial charge on any atom is 0.335 e. The van der Waals surface area contributed by atoms with Crippen LogP contribution in [0.3, 0.4) is 0 Å². The molecule has 0 atom stereocenters.